The van der Waals surface area contributed by atoms with Gasteiger partial charge in [0.25, 0.3) is 0 Å². The summed E-state index contributed by atoms with van der Waals surface area (Å²) >= 11 is 0. The van der Waals surface area contributed by atoms with Crippen LogP contribution in [0.3, 0.4) is 0 Å². The molecule has 8 nitrogen and oxygen atoms in total. The number of nitrogens with one attached hydrogen (secondary N) is 2. The Morgan fingerprint density at radius 3 is 2.41 bits per heavy atom. The SMILES string of the molecule is C[C@H](NC(=O)OCc1ccccc1)C(=O)N[C@H](CO)C(N)=O. The Kier molecular flexibility index (Phi) is 6.84. The number of primary amides is 1. The van der Waals surface area contributed by atoms with Crippen molar-refractivity contribution in [3.05, 3.63) is 35.9 Å². The summed E-state index contributed by atoms with van der Waals surface area (Å²) in [6, 6.07) is 6.90. The minimum absolute atomic E-state index is 0.0710. The van der Waals surface area contributed by atoms with E-state index in [0.29, 0.717) is 0 Å². The largest absolute Gasteiger partial charge is 0.445 e. The average molecular weight is 309 g/mol. The molecule has 1 aromatic carbocycles. The molecule has 1 rings (SSSR count). The van der Waals surface area contributed by atoms with Crippen LogP contribution in [0.2, 0.25) is 0 Å². The number of rotatable bonds is 7. The van der Waals surface area contributed by atoms with Gasteiger partial charge in [-0.2, -0.15) is 0 Å². The second-order valence-electron chi connectivity index (χ2n) is 4.57. The van der Waals surface area contributed by atoms with Crippen molar-refractivity contribution in [3.8, 4) is 0 Å². The number of alkyl carbamates (subject to hydrolysis) is 1. The number of hydrogen-bond donors (Lipinski definition) is 4. The lowest BCUT2D eigenvalue weighted by molar-refractivity contribution is -0.129. The number of benzene rings is 1. The van der Waals surface area contributed by atoms with Gasteiger partial charge in [-0.25, -0.2) is 4.79 Å². The number of amides is 3. The number of hydrogen-bond acceptors (Lipinski definition) is 5. The minimum atomic E-state index is -1.20. The summed E-state index contributed by atoms with van der Waals surface area (Å²) in [5, 5.41) is 13.4. The van der Waals surface area contributed by atoms with Crippen LogP contribution in [0.1, 0.15) is 12.5 Å². The van der Waals surface area contributed by atoms with Crippen molar-refractivity contribution in [2.24, 2.45) is 5.73 Å². The van der Waals surface area contributed by atoms with E-state index < -0.39 is 36.6 Å². The molecule has 0 aromatic heterocycles. The van der Waals surface area contributed by atoms with Gasteiger partial charge >= 0.3 is 6.09 Å². The van der Waals surface area contributed by atoms with Gasteiger partial charge < -0.3 is 26.2 Å². The van der Waals surface area contributed by atoms with E-state index in [9.17, 15) is 14.4 Å². The molecule has 2 atom stereocenters. The molecule has 0 saturated heterocycles. The van der Waals surface area contributed by atoms with Crippen LogP contribution in [-0.2, 0) is 20.9 Å². The molecule has 5 N–H and O–H groups in total. The molecular weight excluding hydrogens is 290 g/mol. The molecule has 0 heterocycles. The molecule has 0 unspecified atom stereocenters. The Morgan fingerprint density at radius 1 is 1.23 bits per heavy atom. The molecule has 120 valence electrons. The lowest BCUT2D eigenvalue weighted by Crippen LogP contribution is -2.53. The van der Waals surface area contributed by atoms with Gasteiger partial charge in [0.1, 0.15) is 18.7 Å². The Morgan fingerprint density at radius 2 is 1.86 bits per heavy atom. The molecule has 0 aliphatic rings. The molecule has 0 aliphatic carbocycles. The maximum atomic E-state index is 11.7. The number of carbonyl (C=O) groups excluding carboxylic acids is 3. The standard InChI is InChI=1S/C14H19N3O5/c1-9(13(20)17-11(7-18)12(15)19)16-14(21)22-8-10-5-3-2-4-6-10/h2-6,9,11,18H,7-8H2,1H3,(H2,15,19)(H,16,21)(H,17,20)/t9-,11+/m0/s1. The van der Waals surface area contributed by atoms with E-state index >= 15 is 0 Å². The monoisotopic (exact) mass is 309 g/mol. The highest BCUT2D eigenvalue weighted by molar-refractivity contribution is 5.90. The van der Waals surface area contributed by atoms with Crippen LogP contribution >= 0.6 is 0 Å². The summed E-state index contributed by atoms with van der Waals surface area (Å²) < 4.78 is 4.96. The second-order valence-corrected chi connectivity index (χ2v) is 4.57. The van der Waals surface area contributed by atoms with E-state index in [1.807, 2.05) is 18.2 Å². The third-order valence-corrected chi connectivity index (χ3v) is 2.78. The lowest BCUT2D eigenvalue weighted by atomic mass is 10.2. The van der Waals surface area contributed by atoms with Crippen LogP contribution in [0, 0.1) is 0 Å². The van der Waals surface area contributed by atoms with E-state index in [1.165, 1.54) is 6.92 Å². The number of aliphatic hydroxyl groups is 1. The van der Waals surface area contributed by atoms with Gasteiger partial charge in [-0.15, -0.1) is 0 Å². The van der Waals surface area contributed by atoms with Gasteiger partial charge in [-0.3, -0.25) is 9.59 Å². The normalized spacial score (nSPS) is 12.8. The first-order valence-electron chi connectivity index (χ1n) is 6.61. The molecule has 0 radical (unpaired) electrons. The predicted molar refractivity (Wildman–Crippen MR) is 77.4 cm³/mol. The Labute approximate surface area is 127 Å². The summed E-state index contributed by atoms with van der Waals surface area (Å²) in [5.41, 5.74) is 5.79. The Balaban J connectivity index is 2.39. The zero-order chi connectivity index (χ0) is 16.5. The van der Waals surface area contributed by atoms with Crippen molar-refractivity contribution in [3.63, 3.8) is 0 Å². The predicted octanol–water partition coefficient (Wildman–Crippen LogP) is -0.736. The van der Waals surface area contributed by atoms with Gasteiger partial charge in [0.15, 0.2) is 0 Å². The molecular formula is C14H19N3O5. The van der Waals surface area contributed by atoms with Crippen LogP contribution in [0.4, 0.5) is 4.79 Å². The van der Waals surface area contributed by atoms with Crippen LogP contribution < -0.4 is 16.4 Å². The van der Waals surface area contributed by atoms with Gasteiger partial charge in [-0.05, 0) is 12.5 Å². The highest BCUT2D eigenvalue weighted by Gasteiger charge is 2.22. The minimum Gasteiger partial charge on any atom is -0.445 e. The average Bonchev–Trinajstić information content (AvgIpc) is 2.50. The van der Waals surface area contributed by atoms with Crippen molar-refractivity contribution in [2.75, 3.05) is 6.61 Å². The highest BCUT2D eigenvalue weighted by atomic mass is 16.5. The number of carbonyl (C=O) groups is 3. The first kappa shape index (κ1) is 17.4. The molecule has 0 aliphatic heterocycles. The van der Waals surface area contributed by atoms with Crippen molar-refractivity contribution in [2.45, 2.75) is 25.6 Å². The van der Waals surface area contributed by atoms with Crippen LogP contribution in [0.15, 0.2) is 30.3 Å². The van der Waals surface area contributed by atoms with Crippen molar-refractivity contribution >= 4 is 17.9 Å². The quantitative estimate of drug-likeness (QED) is 0.527. The first-order valence-corrected chi connectivity index (χ1v) is 6.61. The molecule has 0 saturated carbocycles. The summed E-state index contributed by atoms with van der Waals surface area (Å²) in [7, 11) is 0. The summed E-state index contributed by atoms with van der Waals surface area (Å²) in [6.45, 7) is 0.863. The lowest BCUT2D eigenvalue weighted by Gasteiger charge is -2.17. The molecule has 0 bridgehead atoms. The topological polar surface area (TPSA) is 131 Å². The van der Waals surface area contributed by atoms with E-state index in [0.717, 1.165) is 5.56 Å². The van der Waals surface area contributed by atoms with Crippen molar-refractivity contribution < 1.29 is 24.2 Å². The third kappa shape index (κ3) is 5.80. The fraction of sp³-hybridized carbons (Fsp3) is 0.357. The summed E-state index contributed by atoms with van der Waals surface area (Å²) in [4.78, 5) is 34.2. The second kappa shape index (κ2) is 8.63. The maximum Gasteiger partial charge on any atom is 0.408 e. The zero-order valence-electron chi connectivity index (χ0n) is 12.1. The van der Waals surface area contributed by atoms with Gasteiger partial charge in [0, 0.05) is 0 Å². The fourth-order valence-electron chi connectivity index (χ4n) is 1.51. The van der Waals surface area contributed by atoms with Gasteiger partial charge in [0.2, 0.25) is 11.8 Å². The number of nitrogens with two attached hydrogens (primary N) is 1. The first-order chi connectivity index (χ1) is 10.4. The van der Waals surface area contributed by atoms with Crippen molar-refractivity contribution in [1.82, 2.24) is 10.6 Å². The van der Waals surface area contributed by atoms with E-state index in [-0.39, 0.29) is 6.61 Å². The maximum absolute atomic E-state index is 11.7. The van der Waals surface area contributed by atoms with E-state index in [4.69, 9.17) is 15.6 Å². The van der Waals surface area contributed by atoms with Crippen LogP contribution in [-0.4, -0.2) is 41.7 Å². The van der Waals surface area contributed by atoms with Gasteiger partial charge in [0.05, 0.1) is 6.61 Å². The summed E-state index contributed by atoms with van der Waals surface area (Å²) in [5.74, 6) is -1.52. The Hall–Kier alpha value is -2.61. The highest BCUT2D eigenvalue weighted by Crippen LogP contribution is 2.00. The molecule has 3 amide bonds. The molecule has 1 aromatic rings. The van der Waals surface area contributed by atoms with Crippen molar-refractivity contribution in [1.29, 1.82) is 0 Å². The van der Waals surface area contributed by atoms with E-state index in [1.54, 1.807) is 12.1 Å². The Bertz CT molecular complexity index is 520. The molecule has 0 spiro atoms. The number of ether oxygens (including phenoxy) is 1. The van der Waals surface area contributed by atoms with Gasteiger partial charge in [-0.1, -0.05) is 30.3 Å². The molecule has 8 heteroatoms. The smallest absolute Gasteiger partial charge is 0.408 e. The number of aliphatic hydroxyl groups excluding tert-OH is 1. The molecule has 22 heavy (non-hydrogen) atoms. The third-order valence-electron chi connectivity index (χ3n) is 2.78. The molecule has 0 fully saturated rings. The summed E-state index contributed by atoms with van der Waals surface area (Å²) in [6.07, 6.45) is -0.772. The van der Waals surface area contributed by atoms with Crippen LogP contribution in [0.5, 0.6) is 0 Å². The fourth-order valence-corrected chi connectivity index (χ4v) is 1.51. The van der Waals surface area contributed by atoms with Crippen LogP contribution in [0.25, 0.3) is 0 Å². The van der Waals surface area contributed by atoms with E-state index in [2.05, 4.69) is 10.6 Å². The zero-order valence-corrected chi connectivity index (χ0v) is 12.1.